The fourth-order valence-electron chi connectivity index (χ4n) is 3.24. The Morgan fingerprint density at radius 3 is 2.57 bits per heavy atom. The highest BCUT2D eigenvalue weighted by atomic mass is 19.1. The van der Waals surface area contributed by atoms with Crippen molar-refractivity contribution in [3.8, 4) is 5.75 Å². The summed E-state index contributed by atoms with van der Waals surface area (Å²) in [5.74, 6) is 0.602. The van der Waals surface area contributed by atoms with Crippen molar-refractivity contribution in [1.82, 2.24) is 0 Å². The zero-order valence-electron chi connectivity index (χ0n) is 13.7. The molecular formula is C19H23FN2O. The molecule has 2 aromatic rings. The lowest BCUT2D eigenvalue weighted by Gasteiger charge is -2.44. The van der Waals surface area contributed by atoms with Gasteiger partial charge >= 0.3 is 0 Å². The summed E-state index contributed by atoms with van der Waals surface area (Å²) in [5.41, 5.74) is 8.13. The van der Waals surface area contributed by atoms with E-state index in [1.807, 2.05) is 30.3 Å². The molecule has 0 unspecified atom stereocenters. The number of hydrogen-bond donors (Lipinski definition) is 1. The van der Waals surface area contributed by atoms with E-state index in [1.165, 1.54) is 6.07 Å². The predicted molar refractivity (Wildman–Crippen MR) is 92.2 cm³/mol. The molecule has 0 aromatic heterocycles. The Hall–Kier alpha value is -2.23. The minimum Gasteiger partial charge on any atom is -0.483 e. The minimum atomic E-state index is -0.258. The zero-order valence-corrected chi connectivity index (χ0v) is 13.7. The molecule has 0 saturated carbocycles. The van der Waals surface area contributed by atoms with Gasteiger partial charge in [-0.25, -0.2) is 4.39 Å². The van der Waals surface area contributed by atoms with Crippen molar-refractivity contribution in [2.75, 3.05) is 17.2 Å². The Bertz CT molecular complexity index is 698. The van der Waals surface area contributed by atoms with Crippen LogP contribution in [0.5, 0.6) is 5.75 Å². The van der Waals surface area contributed by atoms with Crippen molar-refractivity contribution in [2.24, 2.45) is 0 Å². The summed E-state index contributed by atoms with van der Waals surface area (Å²) in [7, 11) is 0. The smallest absolute Gasteiger partial charge is 0.145 e. The average molecular weight is 314 g/mol. The number of nitrogen functional groups attached to an aromatic ring is 1. The van der Waals surface area contributed by atoms with Crippen LogP contribution in [0.4, 0.5) is 15.8 Å². The molecule has 1 heterocycles. The number of nitrogens with zero attached hydrogens (tertiary/aromatic N) is 1. The van der Waals surface area contributed by atoms with Crippen LogP contribution in [-0.4, -0.2) is 12.1 Å². The second-order valence-electron chi connectivity index (χ2n) is 6.13. The van der Waals surface area contributed by atoms with Gasteiger partial charge in [-0.05, 0) is 31.0 Å². The van der Waals surface area contributed by atoms with Crippen LogP contribution in [0.25, 0.3) is 0 Å². The number of ether oxygens (including phenoxy) is 1. The van der Waals surface area contributed by atoms with Gasteiger partial charge in [0.2, 0.25) is 0 Å². The van der Waals surface area contributed by atoms with E-state index >= 15 is 0 Å². The van der Waals surface area contributed by atoms with E-state index in [2.05, 4.69) is 18.7 Å². The molecule has 0 bridgehead atoms. The molecule has 2 N–H and O–H groups in total. The van der Waals surface area contributed by atoms with Gasteiger partial charge < -0.3 is 15.4 Å². The van der Waals surface area contributed by atoms with E-state index in [0.29, 0.717) is 24.3 Å². The molecule has 1 aliphatic heterocycles. The Balaban J connectivity index is 2.03. The second kappa shape index (κ2) is 6.11. The first kappa shape index (κ1) is 15.7. The third-order valence-electron chi connectivity index (χ3n) is 4.76. The highest BCUT2D eigenvalue weighted by Gasteiger charge is 2.38. The van der Waals surface area contributed by atoms with Crippen LogP contribution in [0.1, 0.15) is 32.3 Å². The Morgan fingerprint density at radius 1 is 1.13 bits per heavy atom. The standard InChI is InChI=1S/C19H23FN2O/c1-3-19(4-2)13-22(12-14-8-5-6-9-15(14)20)18-16(21)10-7-11-17(18)23-19/h5-11H,3-4,12-13,21H2,1-2H3. The lowest BCUT2D eigenvalue weighted by Crippen LogP contribution is -2.50. The van der Waals surface area contributed by atoms with Crippen molar-refractivity contribution in [3.63, 3.8) is 0 Å². The van der Waals surface area contributed by atoms with Gasteiger partial charge in [0.1, 0.15) is 22.9 Å². The monoisotopic (exact) mass is 314 g/mol. The molecule has 0 spiro atoms. The number of benzene rings is 2. The number of fused-ring (bicyclic) bond motifs is 1. The third kappa shape index (κ3) is 2.85. The van der Waals surface area contributed by atoms with Crippen LogP contribution in [0, 0.1) is 5.82 Å². The van der Waals surface area contributed by atoms with E-state index in [9.17, 15) is 4.39 Å². The van der Waals surface area contributed by atoms with Crippen LogP contribution < -0.4 is 15.4 Å². The number of rotatable bonds is 4. The van der Waals surface area contributed by atoms with Crippen LogP contribution in [-0.2, 0) is 6.54 Å². The summed E-state index contributed by atoms with van der Waals surface area (Å²) in [6.07, 6.45) is 1.79. The van der Waals surface area contributed by atoms with E-state index in [1.54, 1.807) is 6.07 Å². The second-order valence-corrected chi connectivity index (χ2v) is 6.13. The summed E-state index contributed by atoms with van der Waals surface area (Å²) in [6.45, 7) is 5.44. The molecule has 0 saturated heterocycles. The summed E-state index contributed by atoms with van der Waals surface area (Å²) in [6, 6.07) is 12.6. The van der Waals surface area contributed by atoms with Crippen LogP contribution in [0.3, 0.4) is 0 Å². The fraction of sp³-hybridized carbons (Fsp3) is 0.368. The Morgan fingerprint density at radius 2 is 1.87 bits per heavy atom. The summed E-state index contributed by atoms with van der Waals surface area (Å²) >= 11 is 0. The number of nitrogens with two attached hydrogens (primary N) is 1. The first-order valence-electron chi connectivity index (χ1n) is 8.14. The van der Waals surface area contributed by atoms with Gasteiger partial charge in [0.25, 0.3) is 0 Å². The lowest BCUT2D eigenvalue weighted by atomic mass is 9.93. The normalized spacial score (nSPS) is 15.9. The highest BCUT2D eigenvalue weighted by molar-refractivity contribution is 5.76. The SMILES string of the molecule is CCC1(CC)CN(Cc2ccccc2F)c2c(N)cccc2O1. The van der Waals surface area contributed by atoms with Gasteiger partial charge in [-0.3, -0.25) is 0 Å². The molecule has 2 aromatic carbocycles. The molecule has 0 fully saturated rings. The van der Waals surface area contributed by atoms with E-state index < -0.39 is 0 Å². The van der Waals surface area contributed by atoms with Crippen molar-refractivity contribution in [2.45, 2.75) is 38.8 Å². The van der Waals surface area contributed by atoms with Gasteiger partial charge in [-0.1, -0.05) is 38.1 Å². The van der Waals surface area contributed by atoms with Gasteiger partial charge in [0.15, 0.2) is 0 Å². The molecule has 0 amide bonds. The topological polar surface area (TPSA) is 38.5 Å². The van der Waals surface area contributed by atoms with E-state index in [4.69, 9.17) is 10.5 Å². The molecule has 4 heteroatoms. The number of hydrogen-bond acceptors (Lipinski definition) is 3. The largest absolute Gasteiger partial charge is 0.483 e. The molecule has 0 radical (unpaired) electrons. The number of para-hydroxylation sites is 1. The highest BCUT2D eigenvalue weighted by Crippen LogP contribution is 2.43. The predicted octanol–water partition coefficient (Wildman–Crippen LogP) is 4.37. The van der Waals surface area contributed by atoms with Gasteiger partial charge in [0, 0.05) is 12.1 Å². The number of halogens is 1. The van der Waals surface area contributed by atoms with Crippen LogP contribution in [0.2, 0.25) is 0 Å². The lowest BCUT2D eigenvalue weighted by molar-refractivity contribution is 0.0571. The van der Waals surface area contributed by atoms with Crippen molar-refractivity contribution in [3.05, 3.63) is 53.8 Å². The zero-order chi connectivity index (χ0) is 16.4. The molecule has 0 atom stereocenters. The fourth-order valence-corrected chi connectivity index (χ4v) is 3.24. The van der Waals surface area contributed by atoms with E-state index in [0.717, 1.165) is 24.3 Å². The molecular weight excluding hydrogens is 291 g/mol. The Labute approximate surface area is 136 Å². The Kier molecular flexibility index (Phi) is 4.16. The third-order valence-corrected chi connectivity index (χ3v) is 4.76. The molecule has 3 nitrogen and oxygen atoms in total. The minimum absolute atomic E-state index is 0.186. The van der Waals surface area contributed by atoms with Crippen LogP contribution >= 0.6 is 0 Å². The average Bonchev–Trinajstić information content (AvgIpc) is 2.56. The summed E-state index contributed by atoms with van der Waals surface area (Å²) in [4.78, 5) is 2.15. The molecule has 0 aliphatic carbocycles. The molecule has 3 rings (SSSR count). The summed E-state index contributed by atoms with van der Waals surface area (Å²) < 4.78 is 20.4. The molecule has 1 aliphatic rings. The number of anilines is 2. The van der Waals surface area contributed by atoms with Gasteiger partial charge in [0.05, 0.1) is 12.2 Å². The molecule has 23 heavy (non-hydrogen) atoms. The maximum atomic E-state index is 14.1. The van der Waals surface area contributed by atoms with Crippen molar-refractivity contribution >= 4 is 11.4 Å². The first-order chi connectivity index (χ1) is 11.1. The first-order valence-corrected chi connectivity index (χ1v) is 8.14. The molecule has 122 valence electrons. The maximum Gasteiger partial charge on any atom is 0.145 e. The van der Waals surface area contributed by atoms with Crippen molar-refractivity contribution < 1.29 is 9.13 Å². The van der Waals surface area contributed by atoms with Crippen LogP contribution in [0.15, 0.2) is 42.5 Å². The summed E-state index contributed by atoms with van der Waals surface area (Å²) in [5, 5.41) is 0. The van der Waals surface area contributed by atoms with E-state index in [-0.39, 0.29) is 11.4 Å². The van der Waals surface area contributed by atoms with Gasteiger partial charge in [-0.15, -0.1) is 0 Å². The van der Waals surface area contributed by atoms with Crippen molar-refractivity contribution in [1.29, 1.82) is 0 Å². The van der Waals surface area contributed by atoms with Gasteiger partial charge in [-0.2, -0.15) is 0 Å². The maximum absolute atomic E-state index is 14.1. The quantitative estimate of drug-likeness (QED) is 0.852.